The van der Waals surface area contributed by atoms with E-state index in [4.69, 9.17) is 10.5 Å². The molecule has 0 radical (unpaired) electrons. The van der Waals surface area contributed by atoms with Gasteiger partial charge < -0.3 is 10.5 Å². The number of nitrogens with two attached hydrogens (primary N) is 1. The minimum absolute atomic E-state index is 0.250. The Hall–Kier alpha value is -1.11. The molecule has 1 aromatic rings. The molecular formula is C14H24N2O3S. The highest BCUT2D eigenvalue weighted by Crippen LogP contribution is 2.28. The average Bonchev–Trinajstić information content (AvgIpc) is 2.49. The number of hydrogen-bond acceptors (Lipinski definition) is 4. The first-order valence-corrected chi connectivity index (χ1v) is 8.15. The molecule has 0 fully saturated rings. The van der Waals surface area contributed by atoms with Gasteiger partial charge in [0.15, 0.2) is 0 Å². The Kier molecular flexibility index (Phi) is 5.56. The van der Waals surface area contributed by atoms with Crippen LogP contribution in [-0.2, 0) is 10.0 Å². The lowest BCUT2D eigenvalue weighted by atomic mass is 9.93. The van der Waals surface area contributed by atoms with E-state index in [1.165, 1.54) is 4.31 Å². The molecular weight excluding hydrogens is 276 g/mol. The molecule has 1 aromatic carbocycles. The first-order chi connectivity index (χ1) is 9.37. The predicted octanol–water partition coefficient (Wildman–Crippen LogP) is 1.83. The molecule has 0 unspecified atom stereocenters. The molecule has 114 valence electrons. The maximum Gasteiger partial charge on any atom is 0.243 e. The van der Waals surface area contributed by atoms with Gasteiger partial charge in [-0.25, -0.2) is 8.42 Å². The number of nitrogens with zero attached hydrogens (tertiary/aromatic N) is 1. The predicted molar refractivity (Wildman–Crippen MR) is 80.3 cm³/mol. The van der Waals surface area contributed by atoms with Crippen molar-refractivity contribution in [1.82, 2.24) is 4.31 Å². The molecule has 2 N–H and O–H groups in total. The standard InChI is InChI=1S/C14H24N2O3S/c1-5-14(6-2,11-15)16(3)20(17,18)13-9-7-12(19-4)8-10-13/h7-10H,5-6,11,15H2,1-4H3. The van der Waals surface area contributed by atoms with Crippen LogP contribution in [0.1, 0.15) is 26.7 Å². The SMILES string of the molecule is CCC(CC)(CN)N(C)S(=O)(=O)c1ccc(OC)cc1. The van der Waals surface area contributed by atoms with Crippen LogP contribution in [0, 0.1) is 0 Å². The van der Waals surface area contributed by atoms with Crippen LogP contribution in [0.25, 0.3) is 0 Å². The summed E-state index contributed by atoms with van der Waals surface area (Å²) >= 11 is 0. The van der Waals surface area contributed by atoms with Crippen LogP contribution in [0.15, 0.2) is 29.2 Å². The first kappa shape index (κ1) is 16.9. The molecule has 0 aliphatic carbocycles. The molecule has 20 heavy (non-hydrogen) atoms. The summed E-state index contributed by atoms with van der Waals surface area (Å²) in [5.41, 5.74) is 5.28. The van der Waals surface area contributed by atoms with Crippen LogP contribution < -0.4 is 10.5 Å². The van der Waals surface area contributed by atoms with E-state index in [0.717, 1.165) is 0 Å². The number of methoxy groups -OCH3 is 1. The Labute approximate surface area is 121 Å². The highest BCUT2D eigenvalue weighted by molar-refractivity contribution is 7.89. The van der Waals surface area contributed by atoms with Gasteiger partial charge in [-0.05, 0) is 37.1 Å². The molecule has 0 aliphatic rings. The van der Waals surface area contributed by atoms with Crippen LogP contribution >= 0.6 is 0 Å². The summed E-state index contributed by atoms with van der Waals surface area (Å²) in [6.45, 7) is 4.21. The third-order valence-electron chi connectivity index (χ3n) is 4.08. The van der Waals surface area contributed by atoms with Gasteiger partial charge in [-0.2, -0.15) is 4.31 Å². The molecule has 0 heterocycles. The Bertz CT molecular complexity index is 514. The van der Waals surface area contributed by atoms with Gasteiger partial charge in [0.25, 0.3) is 0 Å². The molecule has 0 atom stereocenters. The quantitative estimate of drug-likeness (QED) is 0.834. The second-order valence-corrected chi connectivity index (χ2v) is 6.75. The number of ether oxygens (including phenoxy) is 1. The first-order valence-electron chi connectivity index (χ1n) is 6.71. The van der Waals surface area contributed by atoms with E-state index in [1.54, 1.807) is 38.4 Å². The van der Waals surface area contributed by atoms with Gasteiger partial charge in [0.05, 0.1) is 12.0 Å². The second kappa shape index (κ2) is 6.56. The lowest BCUT2D eigenvalue weighted by molar-refractivity contribution is 0.208. The van der Waals surface area contributed by atoms with Crippen molar-refractivity contribution >= 4 is 10.0 Å². The molecule has 0 saturated carbocycles. The average molecular weight is 300 g/mol. The zero-order valence-corrected chi connectivity index (χ0v) is 13.4. The van der Waals surface area contributed by atoms with Crippen molar-refractivity contribution in [2.24, 2.45) is 5.73 Å². The molecule has 0 bridgehead atoms. The van der Waals surface area contributed by atoms with Crippen LogP contribution in [0.2, 0.25) is 0 Å². The van der Waals surface area contributed by atoms with E-state index in [9.17, 15) is 8.42 Å². The highest BCUT2D eigenvalue weighted by Gasteiger charge is 2.37. The molecule has 0 saturated heterocycles. The number of rotatable bonds is 7. The summed E-state index contributed by atoms with van der Waals surface area (Å²) in [5.74, 6) is 0.627. The molecule has 0 amide bonds. The third kappa shape index (κ3) is 2.97. The summed E-state index contributed by atoms with van der Waals surface area (Å²) < 4.78 is 31.8. The molecule has 1 rings (SSSR count). The normalized spacial score (nSPS) is 12.7. The van der Waals surface area contributed by atoms with E-state index >= 15 is 0 Å². The largest absolute Gasteiger partial charge is 0.497 e. The minimum Gasteiger partial charge on any atom is -0.497 e. The van der Waals surface area contributed by atoms with Crippen molar-refractivity contribution in [3.63, 3.8) is 0 Å². The zero-order valence-electron chi connectivity index (χ0n) is 12.6. The fourth-order valence-electron chi connectivity index (χ4n) is 2.27. The van der Waals surface area contributed by atoms with Crippen LogP contribution in [0.5, 0.6) is 5.75 Å². The van der Waals surface area contributed by atoms with Crippen molar-refractivity contribution in [1.29, 1.82) is 0 Å². The van der Waals surface area contributed by atoms with Crippen molar-refractivity contribution in [2.45, 2.75) is 37.1 Å². The Balaban J connectivity index is 3.20. The van der Waals surface area contributed by atoms with Gasteiger partial charge >= 0.3 is 0 Å². The fourth-order valence-corrected chi connectivity index (χ4v) is 3.91. The summed E-state index contributed by atoms with van der Waals surface area (Å²) in [4.78, 5) is 0.250. The third-order valence-corrected chi connectivity index (χ3v) is 6.06. The number of hydrogen-bond donors (Lipinski definition) is 1. The van der Waals surface area contributed by atoms with Crippen LogP contribution in [-0.4, -0.2) is 39.0 Å². The summed E-state index contributed by atoms with van der Waals surface area (Å²) in [6.07, 6.45) is 1.35. The Morgan fingerprint density at radius 2 is 1.70 bits per heavy atom. The Morgan fingerprint density at radius 3 is 2.05 bits per heavy atom. The van der Waals surface area contributed by atoms with Crippen molar-refractivity contribution in [3.05, 3.63) is 24.3 Å². The van der Waals surface area contributed by atoms with Crippen molar-refractivity contribution in [3.8, 4) is 5.75 Å². The highest BCUT2D eigenvalue weighted by atomic mass is 32.2. The second-order valence-electron chi connectivity index (χ2n) is 4.78. The summed E-state index contributed by atoms with van der Waals surface area (Å²) in [6, 6.07) is 6.39. The number of benzene rings is 1. The van der Waals surface area contributed by atoms with Gasteiger partial charge in [-0.3, -0.25) is 0 Å². The lowest BCUT2D eigenvalue weighted by Crippen LogP contribution is -2.53. The number of sulfonamides is 1. The molecule has 6 heteroatoms. The molecule has 0 aliphatic heterocycles. The van der Waals surface area contributed by atoms with Crippen LogP contribution in [0.4, 0.5) is 0 Å². The molecule has 0 aromatic heterocycles. The van der Waals surface area contributed by atoms with Crippen LogP contribution in [0.3, 0.4) is 0 Å². The van der Waals surface area contributed by atoms with Gasteiger partial charge in [-0.15, -0.1) is 0 Å². The van der Waals surface area contributed by atoms with Gasteiger partial charge in [-0.1, -0.05) is 13.8 Å². The summed E-state index contributed by atoms with van der Waals surface area (Å²) in [5, 5.41) is 0. The monoisotopic (exact) mass is 300 g/mol. The Morgan fingerprint density at radius 1 is 1.20 bits per heavy atom. The van der Waals surface area contributed by atoms with E-state index in [0.29, 0.717) is 25.1 Å². The molecule has 5 nitrogen and oxygen atoms in total. The van der Waals surface area contributed by atoms with Crippen molar-refractivity contribution in [2.75, 3.05) is 20.7 Å². The minimum atomic E-state index is -3.56. The summed E-state index contributed by atoms with van der Waals surface area (Å²) in [7, 11) is -0.419. The van der Waals surface area contributed by atoms with Gasteiger partial charge in [0.2, 0.25) is 10.0 Å². The lowest BCUT2D eigenvalue weighted by Gasteiger charge is -2.38. The fraction of sp³-hybridized carbons (Fsp3) is 0.571. The van der Waals surface area contributed by atoms with Gasteiger partial charge in [0, 0.05) is 19.1 Å². The van der Waals surface area contributed by atoms with E-state index in [-0.39, 0.29) is 4.90 Å². The topological polar surface area (TPSA) is 72.6 Å². The maximum absolute atomic E-state index is 12.7. The zero-order chi connectivity index (χ0) is 15.4. The van der Waals surface area contributed by atoms with E-state index in [2.05, 4.69) is 0 Å². The smallest absolute Gasteiger partial charge is 0.243 e. The van der Waals surface area contributed by atoms with Gasteiger partial charge in [0.1, 0.15) is 5.75 Å². The van der Waals surface area contributed by atoms with Crippen molar-refractivity contribution < 1.29 is 13.2 Å². The van der Waals surface area contributed by atoms with E-state index < -0.39 is 15.6 Å². The maximum atomic E-state index is 12.7. The molecule has 0 spiro atoms. The number of likely N-dealkylation sites (N-methyl/N-ethyl adjacent to an activating group) is 1. The van der Waals surface area contributed by atoms with E-state index in [1.807, 2.05) is 13.8 Å².